The monoisotopic (exact) mass is 659 g/mol. The molecule has 0 radical (unpaired) electrons. The summed E-state index contributed by atoms with van der Waals surface area (Å²) < 4.78 is 32.9. The van der Waals surface area contributed by atoms with Gasteiger partial charge in [0.2, 0.25) is 20.1 Å². The third-order valence-corrected chi connectivity index (χ3v) is 12.6. The largest absolute Gasteiger partial charge is 0.388 e. The molecule has 0 amide bonds. The van der Waals surface area contributed by atoms with E-state index >= 15 is 0 Å². The van der Waals surface area contributed by atoms with Gasteiger partial charge in [0.25, 0.3) is 0 Å². The summed E-state index contributed by atoms with van der Waals surface area (Å²) in [5.41, 5.74) is 1.93. The second-order valence-electron chi connectivity index (χ2n) is 11.5. The molecule has 2 aliphatic rings. The number of aliphatic hydroxyl groups excluding tert-OH is 1. The van der Waals surface area contributed by atoms with Crippen molar-refractivity contribution in [3.05, 3.63) is 34.2 Å². The molecule has 4 aromatic rings. The molecular weight excluding hydrogens is 623 g/mol. The van der Waals surface area contributed by atoms with Crippen LogP contribution in [0.2, 0.25) is 0 Å². The molecule has 0 spiro atoms. The van der Waals surface area contributed by atoms with Crippen molar-refractivity contribution >= 4 is 54.5 Å². The molecule has 2 fully saturated rings. The number of aliphatic hydroxyl groups is 2. The minimum Gasteiger partial charge on any atom is -0.388 e. The van der Waals surface area contributed by atoms with Gasteiger partial charge in [-0.15, -0.1) is 22.7 Å². The van der Waals surface area contributed by atoms with Crippen LogP contribution < -0.4 is 10.6 Å². The number of aromatic nitrogens is 5. The second-order valence-corrected chi connectivity index (χ2v) is 16.0. The van der Waals surface area contributed by atoms with E-state index in [1.807, 2.05) is 33.0 Å². The van der Waals surface area contributed by atoms with Crippen molar-refractivity contribution < 1.29 is 23.4 Å². The predicted molar refractivity (Wildman–Crippen MR) is 171 cm³/mol. The summed E-state index contributed by atoms with van der Waals surface area (Å²) in [4.78, 5) is 24.0. The number of thiazole rings is 2. The predicted octanol–water partition coefficient (Wildman–Crippen LogP) is 4.20. The molecule has 0 bridgehead atoms. The molecular formula is C29H37N7O5S3. The van der Waals surface area contributed by atoms with Gasteiger partial charge in [-0.05, 0) is 59.4 Å². The molecule has 15 heteroatoms. The summed E-state index contributed by atoms with van der Waals surface area (Å²) in [7, 11) is -3.76. The van der Waals surface area contributed by atoms with Crippen molar-refractivity contribution in [1.29, 1.82) is 0 Å². The zero-order chi connectivity index (χ0) is 31.2. The molecule has 44 heavy (non-hydrogen) atoms. The Bertz CT molecular complexity index is 1770. The van der Waals surface area contributed by atoms with Crippen LogP contribution in [0, 0.1) is 26.7 Å². The first-order chi connectivity index (χ1) is 21.0. The summed E-state index contributed by atoms with van der Waals surface area (Å²) in [6, 6.07) is 1.94. The number of anilines is 2. The second kappa shape index (κ2) is 12.2. The Labute approximate surface area is 264 Å². The average molecular weight is 660 g/mol. The molecule has 236 valence electrons. The first kappa shape index (κ1) is 31.2. The topological polar surface area (TPSA) is 172 Å². The van der Waals surface area contributed by atoms with E-state index < -0.39 is 27.6 Å². The van der Waals surface area contributed by atoms with E-state index in [1.54, 1.807) is 6.92 Å². The van der Waals surface area contributed by atoms with Gasteiger partial charge in [0, 0.05) is 36.1 Å². The van der Waals surface area contributed by atoms with Gasteiger partial charge in [0.1, 0.15) is 22.4 Å². The van der Waals surface area contributed by atoms with Crippen LogP contribution in [0.15, 0.2) is 16.6 Å². The third kappa shape index (κ3) is 6.17. The van der Waals surface area contributed by atoms with E-state index in [-0.39, 0.29) is 16.5 Å². The Balaban J connectivity index is 1.32. The van der Waals surface area contributed by atoms with Crippen molar-refractivity contribution in [2.45, 2.75) is 75.5 Å². The number of sulfone groups is 1. The fraction of sp³-hybridized carbons (Fsp3) is 0.552. The Morgan fingerprint density at radius 2 is 1.89 bits per heavy atom. The van der Waals surface area contributed by atoms with Crippen LogP contribution in [-0.2, 0) is 14.6 Å². The van der Waals surface area contributed by atoms with Gasteiger partial charge in [-0.2, -0.15) is 4.98 Å². The number of nitrogens with zero attached hydrogens (tertiary/aromatic N) is 5. The summed E-state index contributed by atoms with van der Waals surface area (Å²) in [6.07, 6.45) is 3.04. The number of fused-ring (bicyclic) bond motifs is 1. The molecule has 4 aromatic heterocycles. The van der Waals surface area contributed by atoms with Crippen LogP contribution in [0.4, 0.5) is 11.8 Å². The van der Waals surface area contributed by atoms with Gasteiger partial charge in [-0.3, -0.25) is 4.98 Å². The Morgan fingerprint density at radius 3 is 2.59 bits per heavy atom. The maximum atomic E-state index is 13.2. The van der Waals surface area contributed by atoms with Crippen molar-refractivity contribution in [3.63, 3.8) is 0 Å². The Morgan fingerprint density at radius 1 is 1.09 bits per heavy atom. The van der Waals surface area contributed by atoms with E-state index in [1.165, 1.54) is 11.3 Å². The Kier molecular flexibility index (Phi) is 8.63. The molecule has 0 aliphatic heterocycles. The molecule has 0 aromatic carbocycles. The SMILES string of the molecule is CCOCCNc1nc(C)c(-c2nc3c(C4CC4)nccc3s2)c(NC2(O)CCC(CS(=O)(=O)c3nc(C)c(C)s3)C2O)n1. The highest BCUT2D eigenvalue weighted by atomic mass is 32.2. The summed E-state index contributed by atoms with van der Waals surface area (Å²) in [5, 5.41) is 30.1. The maximum Gasteiger partial charge on any atom is 0.224 e. The fourth-order valence-corrected chi connectivity index (χ4v) is 9.69. The summed E-state index contributed by atoms with van der Waals surface area (Å²) in [5.74, 6) is 0.0264. The van der Waals surface area contributed by atoms with E-state index in [2.05, 4.69) is 25.6 Å². The van der Waals surface area contributed by atoms with Crippen molar-refractivity contribution in [2.75, 3.05) is 36.1 Å². The lowest BCUT2D eigenvalue weighted by Crippen LogP contribution is -2.48. The van der Waals surface area contributed by atoms with Crippen LogP contribution in [0.1, 0.15) is 60.5 Å². The highest BCUT2D eigenvalue weighted by Gasteiger charge is 2.49. The van der Waals surface area contributed by atoms with E-state index in [4.69, 9.17) is 14.7 Å². The number of hydrogen-bond acceptors (Lipinski definition) is 14. The van der Waals surface area contributed by atoms with Gasteiger partial charge < -0.3 is 25.6 Å². The smallest absolute Gasteiger partial charge is 0.224 e. The van der Waals surface area contributed by atoms with Crippen molar-refractivity contribution in [3.8, 4) is 10.6 Å². The standard InChI is InChI=1S/C29H37N7O5S3/c1-5-41-13-12-31-27-32-16(3)21(26-34-23-20(43-26)9-11-30-22(23)18-6-7-18)25(35-27)36-29(38)10-8-19(24(29)37)14-44(39,40)28-33-15(2)17(4)42-28/h9,11,18-19,24,37-38H,5-8,10,12-14H2,1-4H3,(H2,31,32,35,36). The number of aryl methyl sites for hydroxylation is 3. The molecule has 3 atom stereocenters. The van der Waals surface area contributed by atoms with Gasteiger partial charge in [-0.1, -0.05) is 0 Å². The molecule has 2 aliphatic carbocycles. The third-order valence-electron chi connectivity index (χ3n) is 8.21. The van der Waals surface area contributed by atoms with Gasteiger partial charge in [0.05, 0.1) is 39.7 Å². The highest BCUT2D eigenvalue weighted by molar-refractivity contribution is 7.93. The minimum absolute atomic E-state index is 0.0375. The molecule has 0 saturated heterocycles. The number of pyridine rings is 1. The average Bonchev–Trinajstić information content (AvgIpc) is 3.56. The molecule has 12 nitrogen and oxygen atoms in total. The molecule has 6 rings (SSSR count). The highest BCUT2D eigenvalue weighted by Crippen LogP contribution is 2.45. The minimum atomic E-state index is -3.76. The summed E-state index contributed by atoms with van der Waals surface area (Å²) >= 11 is 2.62. The van der Waals surface area contributed by atoms with Crippen LogP contribution >= 0.6 is 22.7 Å². The first-order valence-corrected chi connectivity index (χ1v) is 18.1. The lowest BCUT2D eigenvalue weighted by molar-refractivity contribution is -0.0442. The van der Waals surface area contributed by atoms with Crippen LogP contribution in [0.3, 0.4) is 0 Å². The Hall–Kier alpha value is -2.82. The normalized spacial score (nSPS) is 22.1. The van der Waals surface area contributed by atoms with Gasteiger partial charge in [0.15, 0.2) is 5.72 Å². The maximum absolute atomic E-state index is 13.2. The van der Waals surface area contributed by atoms with E-state index in [0.717, 1.165) is 45.0 Å². The zero-order valence-corrected chi connectivity index (χ0v) is 27.6. The zero-order valence-electron chi connectivity index (χ0n) is 25.1. The summed E-state index contributed by atoms with van der Waals surface area (Å²) in [6.45, 7) is 8.91. The van der Waals surface area contributed by atoms with E-state index in [9.17, 15) is 18.6 Å². The van der Waals surface area contributed by atoms with Crippen LogP contribution in [0.25, 0.3) is 20.8 Å². The molecule has 4 heterocycles. The lowest BCUT2D eigenvalue weighted by atomic mass is 10.0. The molecule has 4 N–H and O–H groups in total. The fourth-order valence-electron chi connectivity index (χ4n) is 5.56. The number of ether oxygens (including phenoxy) is 1. The van der Waals surface area contributed by atoms with Crippen LogP contribution in [0.5, 0.6) is 0 Å². The number of hydrogen-bond donors (Lipinski definition) is 4. The molecule has 3 unspecified atom stereocenters. The number of rotatable bonds is 12. The number of nitrogens with one attached hydrogen (secondary N) is 2. The van der Waals surface area contributed by atoms with Crippen LogP contribution in [-0.4, -0.2) is 80.9 Å². The lowest BCUT2D eigenvalue weighted by Gasteiger charge is -2.31. The van der Waals surface area contributed by atoms with Crippen molar-refractivity contribution in [2.24, 2.45) is 5.92 Å². The quantitative estimate of drug-likeness (QED) is 0.126. The first-order valence-electron chi connectivity index (χ1n) is 14.8. The van der Waals surface area contributed by atoms with Gasteiger partial charge >= 0.3 is 0 Å². The van der Waals surface area contributed by atoms with E-state index in [0.29, 0.717) is 65.8 Å². The molecule has 2 saturated carbocycles. The van der Waals surface area contributed by atoms with Crippen molar-refractivity contribution in [1.82, 2.24) is 24.9 Å². The van der Waals surface area contributed by atoms with Gasteiger partial charge in [-0.25, -0.2) is 23.4 Å².